The molecule has 20 heavy (non-hydrogen) atoms. The first-order chi connectivity index (χ1) is 9.58. The third-order valence-electron chi connectivity index (χ3n) is 3.35. The zero-order chi connectivity index (χ0) is 15.0. The van der Waals surface area contributed by atoms with E-state index in [1.807, 2.05) is 0 Å². The number of hydrogen-bond acceptors (Lipinski definition) is 5. The number of nitroso groups, excluding NO2 is 1. The Morgan fingerprint density at radius 1 is 1.35 bits per heavy atom. The number of carbonyl (C=O) groups is 2. The first kappa shape index (κ1) is 16.3. The second kappa shape index (κ2) is 8.44. The van der Waals surface area contributed by atoms with Gasteiger partial charge in [0.2, 0.25) is 0 Å². The van der Waals surface area contributed by atoms with Crippen LogP contribution in [0.25, 0.3) is 0 Å². The highest BCUT2D eigenvalue weighted by atomic mass is 19.1. The monoisotopic (exact) mass is 289 g/mol. The number of alkyl halides is 1. The van der Waals surface area contributed by atoms with E-state index in [1.165, 1.54) is 6.92 Å². The lowest BCUT2D eigenvalue weighted by Crippen LogP contribution is -2.45. The summed E-state index contributed by atoms with van der Waals surface area (Å²) in [5, 5.41) is 5.85. The van der Waals surface area contributed by atoms with Gasteiger partial charge in [0.1, 0.15) is 6.67 Å². The van der Waals surface area contributed by atoms with Gasteiger partial charge in [-0.2, -0.15) is 5.01 Å². The van der Waals surface area contributed by atoms with Gasteiger partial charge in [0.25, 0.3) is 0 Å². The maximum absolute atomic E-state index is 12.0. The van der Waals surface area contributed by atoms with E-state index in [9.17, 15) is 18.9 Å². The summed E-state index contributed by atoms with van der Waals surface area (Å²) in [6, 6.07) is -0.943. The zero-order valence-corrected chi connectivity index (χ0v) is 11.5. The summed E-state index contributed by atoms with van der Waals surface area (Å²) >= 11 is 0. The second-order valence-corrected chi connectivity index (χ2v) is 4.82. The minimum absolute atomic E-state index is 0.132. The summed E-state index contributed by atoms with van der Waals surface area (Å²) in [5.41, 5.74) is 0. The van der Waals surface area contributed by atoms with Crippen molar-refractivity contribution in [3.8, 4) is 0 Å². The fraction of sp³-hybridized carbons (Fsp3) is 0.833. The maximum atomic E-state index is 12.0. The van der Waals surface area contributed by atoms with Crippen LogP contribution >= 0.6 is 0 Å². The van der Waals surface area contributed by atoms with Gasteiger partial charge in [0, 0.05) is 13.5 Å². The van der Waals surface area contributed by atoms with E-state index in [0.717, 1.165) is 17.9 Å². The molecule has 1 rings (SSSR count). The molecule has 8 heteroatoms. The standard InChI is InChI=1S/C12H20FN3O4/c1-9(17)20-8-10-2-4-11(5-3-10)16(15-19)12(18)14-7-6-13/h10-11H,2-8H2,1H3,(H,14,18). The Morgan fingerprint density at radius 3 is 2.50 bits per heavy atom. The van der Waals surface area contributed by atoms with Crippen LogP contribution in [0, 0.1) is 10.8 Å². The first-order valence-corrected chi connectivity index (χ1v) is 6.68. The van der Waals surface area contributed by atoms with Crippen molar-refractivity contribution in [3.05, 3.63) is 4.91 Å². The van der Waals surface area contributed by atoms with Crippen molar-refractivity contribution >= 4 is 12.0 Å². The lowest BCUT2D eigenvalue weighted by Gasteiger charge is -2.31. The molecular weight excluding hydrogens is 269 g/mol. The van der Waals surface area contributed by atoms with Gasteiger partial charge in [-0.15, -0.1) is 4.91 Å². The minimum Gasteiger partial charge on any atom is -0.466 e. The predicted molar refractivity (Wildman–Crippen MR) is 69.4 cm³/mol. The minimum atomic E-state index is -0.687. The van der Waals surface area contributed by atoms with Crippen molar-refractivity contribution in [3.63, 3.8) is 0 Å². The Morgan fingerprint density at radius 2 is 2.00 bits per heavy atom. The van der Waals surface area contributed by atoms with Crippen molar-refractivity contribution in [2.75, 3.05) is 19.8 Å². The molecule has 0 aromatic rings. The first-order valence-electron chi connectivity index (χ1n) is 6.68. The van der Waals surface area contributed by atoms with E-state index in [1.54, 1.807) is 0 Å². The van der Waals surface area contributed by atoms with Crippen LogP contribution in [0.4, 0.5) is 9.18 Å². The molecule has 1 aliphatic carbocycles. The smallest absolute Gasteiger partial charge is 0.340 e. The third kappa shape index (κ3) is 5.10. The predicted octanol–water partition coefficient (Wildman–Crippen LogP) is 1.77. The summed E-state index contributed by atoms with van der Waals surface area (Å²) < 4.78 is 16.9. The molecule has 0 atom stereocenters. The van der Waals surface area contributed by atoms with Crippen molar-refractivity contribution in [2.45, 2.75) is 38.6 Å². The average Bonchev–Trinajstić information content (AvgIpc) is 2.45. The Hall–Kier alpha value is -1.73. The van der Waals surface area contributed by atoms with Crippen LogP contribution in [0.15, 0.2) is 5.29 Å². The molecule has 0 radical (unpaired) electrons. The lowest BCUT2D eigenvalue weighted by atomic mass is 9.86. The number of ether oxygens (including phenoxy) is 1. The molecule has 0 heterocycles. The fourth-order valence-corrected chi connectivity index (χ4v) is 2.30. The highest BCUT2D eigenvalue weighted by Crippen LogP contribution is 2.28. The van der Waals surface area contributed by atoms with E-state index in [2.05, 4.69) is 10.6 Å². The van der Waals surface area contributed by atoms with Gasteiger partial charge in [-0.3, -0.25) is 4.79 Å². The van der Waals surface area contributed by atoms with Gasteiger partial charge in [-0.25, -0.2) is 9.18 Å². The van der Waals surface area contributed by atoms with Crippen LogP contribution in [-0.4, -0.2) is 42.9 Å². The fourth-order valence-electron chi connectivity index (χ4n) is 2.30. The van der Waals surface area contributed by atoms with Crippen molar-refractivity contribution in [1.29, 1.82) is 0 Å². The van der Waals surface area contributed by atoms with E-state index in [4.69, 9.17) is 4.74 Å². The molecule has 7 nitrogen and oxygen atoms in total. The summed E-state index contributed by atoms with van der Waals surface area (Å²) in [5.74, 6) is -0.0635. The number of amides is 2. The third-order valence-corrected chi connectivity index (χ3v) is 3.35. The largest absolute Gasteiger partial charge is 0.466 e. The summed E-state index contributed by atoms with van der Waals surface area (Å²) in [7, 11) is 0. The SMILES string of the molecule is CC(=O)OCC1CCC(N(N=O)C(=O)NCCF)CC1. The average molecular weight is 289 g/mol. The Kier molecular flexibility index (Phi) is 6.89. The van der Waals surface area contributed by atoms with Crippen LogP contribution in [0.5, 0.6) is 0 Å². The molecule has 0 aliphatic heterocycles. The van der Waals surface area contributed by atoms with Crippen LogP contribution in [0.3, 0.4) is 0 Å². The molecule has 0 aromatic heterocycles. The summed E-state index contributed by atoms with van der Waals surface area (Å²) in [6.45, 7) is 0.906. The van der Waals surface area contributed by atoms with Crippen LogP contribution in [0.2, 0.25) is 0 Å². The van der Waals surface area contributed by atoms with Gasteiger partial charge in [-0.05, 0) is 31.6 Å². The number of nitrogens with zero attached hydrogens (tertiary/aromatic N) is 2. The zero-order valence-electron chi connectivity index (χ0n) is 11.5. The molecule has 0 spiro atoms. The van der Waals surface area contributed by atoms with Crippen molar-refractivity contribution in [2.24, 2.45) is 11.2 Å². The highest BCUT2D eigenvalue weighted by molar-refractivity contribution is 5.74. The summed E-state index contributed by atoms with van der Waals surface area (Å²) in [6.07, 6.45) is 2.72. The van der Waals surface area contributed by atoms with E-state index in [0.29, 0.717) is 19.4 Å². The van der Waals surface area contributed by atoms with Crippen molar-refractivity contribution in [1.82, 2.24) is 10.3 Å². The molecule has 1 saturated carbocycles. The summed E-state index contributed by atoms with van der Waals surface area (Å²) in [4.78, 5) is 33.1. The number of rotatable bonds is 6. The Bertz CT molecular complexity index is 346. The molecule has 0 aromatic carbocycles. The van der Waals surface area contributed by atoms with Gasteiger partial charge in [0.05, 0.1) is 17.9 Å². The number of esters is 1. The molecule has 2 amide bonds. The normalized spacial score (nSPS) is 21.9. The number of hydrogen-bond donors (Lipinski definition) is 1. The Balaban J connectivity index is 2.39. The molecule has 0 saturated heterocycles. The highest BCUT2D eigenvalue weighted by Gasteiger charge is 2.30. The van der Waals surface area contributed by atoms with Gasteiger partial charge >= 0.3 is 12.0 Å². The lowest BCUT2D eigenvalue weighted by molar-refractivity contribution is -0.142. The number of urea groups is 1. The quantitative estimate of drug-likeness (QED) is 0.458. The molecule has 0 unspecified atom stereocenters. The van der Waals surface area contributed by atoms with Gasteiger partial charge in [-0.1, -0.05) is 0 Å². The number of carbonyl (C=O) groups excluding carboxylic acids is 2. The molecule has 1 fully saturated rings. The molecule has 0 bridgehead atoms. The topological polar surface area (TPSA) is 88.1 Å². The molecule has 1 N–H and O–H groups in total. The van der Waals surface area contributed by atoms with Crippen LogP contribution in [-0.2, 0) is 9.53 Å². The van der Waals surface area contributed by atoms with Crippen LogP contribution in [0.1, 0.15) is 32.6 Å². The Labute approximate surface area is 116 Å². The van der Waals surface area contributed by atoms with E-state index < -0.39 is 12.7 Å². The van der Waals surface area contributed by atoms with Gasteiger partial charge in [0.15, 0.2) is 0 Å². The van der Waals surface area contributed by atoms with E-state index in [-0.39, 0.29) is 24.5 Å². The van der Waals surface area contributed by atoms with Gasteiger partial charge < -0.3 is 10.1 Å². The maximum Gasteiger partial charge on any atom is 0.340 e. The number of nitrogens with one attached hydrogen (secondary N) is 1. The van der Waals surface area contributed by atoms with E-state index >= 15 is 0 Å². The molecule has 1 aliphatic rings. The molecule has 114 valence electrons. The molecular formula is C12H20FN3O4. The van der Waals surface area contributed by atoms with Crippen LogP contribution < -0.4 is 5.32 Å². The number of halogens is 1. The second-order valence-electron chi connectivity index (χ2n) is 4.82. The van der Waals surface area contributed by atoms with Crippen molar-refractivity contribution < 1.29 is 18.7 Å².